The molecule has 5 nitrogen and oxygen atoms in total. The number of carbonyl (C=O) groups is 1. The van der Waals surface area contributed by atoms with Gasteiger partial charge in [0.05, 0.1) is 6.10 Å². The van der Waals surface area contributed by atoms with Gasteiger partial charge in [-0.15, -0.1) is 0 Å². The number of carbonyl (C=O) groups excluding carboxylic acids is 1. The molecule has 0 saturated carbocycles. The summed E-state index contributed by atoms with van der Waals surface area (Å²) in [6, 6.07) is 1.65. The molecule has 1 unspecified atom stereocenters. The van der Waals surface area contributed by atoms with Crippen LogP contribution < -0.4 is 5.32 Å². The summed E-state index contributed by atoms with van der Waals surface area (Å²) in [4.78, 5) is 11.7. The molecular weight excluding hydrogens is 220 g/mol. The SMILES string of the molecule is CC(O)CCNC(=O)c1cc(C(C)(C)C)on1. The van der Waals surface area contributed by atoms with Gasteiger partial charge in [0.1, 0.15) is 5.76 Å². The van der Waals surface area contributed by atoms with Gasteiger partial charge in [-0.1, -0.05) is 25.9 Å². The van der Waals surface area contributed by atoms with Gasteiger partial charge in [-0.3, -0.25) is 4.79 Å². The van der Waals surface area contributed by atoms with Gasteiger partial charge in [-0.2, -0.15) is 0 Å². The molecule has 1 heterocycles. The summed E-state index contributed by atoms with van der Waals surface area (Å²) in [7, 11) is 0. The zero-order chi connectivity index (χ0) is 13.1. The number of nitrogens with one attached hydrogen (secondary N) is 1. The third kappa shape index (κ3) is 4.19. The van der Waals surface area contributed by atoms with Gasteiger partial charge in [0, 0.05) is 18.0 Å². The maximum atomic E-state index is 11.7. The first kappa shape index (κ1) is 13.7. The first-order valence-corrected chi connectivity index (χ1v) is 5.74. The quantitative estimate of drug-likeness (QED) is 0.835. The van der Waals surface area contributed by atoms with Crippen molar-refractivity contribution in [3.63, 3.8) is 0 Å². The smallest absolute Gasteiger partial charge is 0.273 e. The van der Waals surface area contributed by atoms with Crippen LogP contribution in [0.25, 0.3) is 0 Å². The Labute approximate surface area is 101 Å². The summed E-state index contributed by atoms with van der Waals surface area (Å²) in [5, 5.41) is 15.5. The van der Waals surface area contributed by atoms with Crippen molar-refractivity contribution in [1.82, 2.24) is 10.5 Å². The van der Waals surface area contributed by atoms with Gasteiger partial charge in [-0.25, -0.2) is 0 Å². The van der Waals surface area contributed by atoms with Crippen molar-refractivity contribution < 1.29 is 14.4 Å². The number of aliphatic hydroxyl groups is 1. The molecule has 5 heteroatoms. The predicted molar refractivity (Wildman–Crippen MR) is 63.8 cm³/mol. The average Bonchev–Trinajstić information content (AvgIpc) is 2.64. The van der Waals surface area contributed by atoms with Crippen molar-refractivity contribution in [2.24, 2.45) is 0 Å². The summed E-state index contributed by atoms with van der Waals surface area (Å²) < 4.78 is 5.12. The normalized spacial score (nSPS) is 13.5. The van der Waals surface area contributed by atoms with Crippen LogP contribution in [0.4, 0.5) is 0 Å². The first-order valence-electron chi connectivity index (χ1n) is 5.74. The number of aromatic nitrogens is 1. The molecule has 0 aliphatic carbocycles. The van der Waals surface area contributed by atoms with Crippen LogP contribution >= 0.6 is 0 Å². The van der Waals surface area contributed by atoms with Crippen LogP contribution in [0.5, 0.6) is 0 Å². The van der Waals surface area contributed by atoms with E-state index in [0.717, 1.165) is 0 Å². The fraction of sp³-hybridized carbons (Fsp3) is 0.667. The molecule has 1 rings (SSSR count). The minimum atomic E-state index is -0.419. The van der Waals surface area contributed by atoms with Gasteiger partial charge in [0.15, 0.2) is 5.69 Å². The fourth-order valence-electron chi connectivity index (χ4n) is 1.22. The van der Waals surface area contributed by atoms with Crippen LogP contribution in [-0.4, -0.2) is 28.8 Å². The third-order valence-electron chi connectivity index (χ3n) is 2.33. The Morgan fingerprint density at radius 2 is 2.24 bits per heavy atom. The van der Waals surface area contributed by atoms with Crippen LogP contribution in [0.15, 0.2) is 10.6 Å². The van der Waals surface area contributed by atoms with E-state index in [9.17, 15) is 4.79 Å². The monoisotopic (exact) mass is 240 g/mol. The summed E-state index contributed by atoms with van der Waals surface area (Å²) in [6.45, 7) is 8.07. The highest BCUT2D eigenvalue weighted by Crippen LogP contribution is 2.22. The second-order valence-corrected chi connectivity index (χ2v) is 5.22. The zero-order valence-corrected chi connectivity index (χ0v) is 10.8. The second-order valence-electron chi connectivity index (χ2n) is 5.22. The third-order valence-corrected chi connectivity index (χ3v) is 2.33. The molecule has 0 spiro atoms. The lowest BCUT2D eigenvalue weighted by molar-refractivity contribution is 0.0936. The summed E-state index contributed by atoms with van der Waals surface area (Å²) in [5.41, 5.74) is 0.117. The molecule has 0 radical (unpaired) electrons. The van der Waals surface area contributed by atoms with E-state index in [2.05, 4.69) is 10.5 Å². The topological polar surface area (TPSA) is 75.4 Å². The van der Waals surface area contributed by atoms with E-state index in [1.807, 2.05) is 20.8 Å². The van der Waals surface area contributed by atoms with E-state index in [1.54, 1.807) is 13.0 Å². The first-order chi connectivity index (χ1) is 7.80. The van der Waals surface area contributed by atoms with Crippen LogP contribution in [0.2, 0.25) is 0 Å². The van der Waals surface area contributed by atoms with Crippen LogP contribution in [0.1, 0.15) is 50.4 Å². The molecule has 0 saturated heterocycles. The Balaban J connectivity index is 2.56. The molecule has 1 amide bonds. The summed E-state index contributed by atoms with van der Waals surface area (Å²) >= 11 is 0. The number of nitrogens with zero attached hydrogens (tertiary/aromatic N) is 1. The van der Waals surface area contributed by atoms with Crippen molar-refractivity contribution in [2.45, 2.75) is 45.6 Å². The van der Waals surface area contributed by atoms with Gasteiger partial charge < -0.3 is 14.9 Å². The lowest BCUT2D eigenvalue weighted by Crippen LogP contribution is -2.26. The highest BCUT2D eigenvalue weighted by Gasteiger charge is 2.21. The number of hydrogen-bond donors (Lipinski definition) is 2. The Morgan fingerprint density at radius 3 is 2.71 bits per heavy atom. The van der Waals surface area contributed by atoms with Crippen LogP contribution in [0.3, 0.4) is 0 Å². The maximum Gasteiger partial charge on any atom is 0.273 e. The number of amides is 1. The van der Waals surface area contributed by atoms with Gasteiger partial charge in [0.25, 0.3) is 5.91 Å². The van der Waals surface area contributed by atoms with E-state index in [0.29, 0.717) is 18.7 Å². The molecule has 0 bridgehead atoms. The molecular formula is C12H20N2O3. The van der Waals surface area contributed by atoms with Gasteiger partial charge in [-0.05, 0) is 13.3 Å². The molecule has 0 fully saturated rings. The summed E-state index contributed by atoms with van der Waals surface area (Å²) in [6.07, 6.45) is 0.105. The Bertz CT molecular complexity index is 377. The molecule has 96 valence electrons. The van der Waals surface area contributed by atoms with Crippen molar-refractivity contribution >= 4 is 5.91 Å². The van der Waals surface area contributed by atoms with E-state index in [4.69, 9.17) is 9.63 Å². The standard InChI is InChI=1S/C12H20N2O3/c1-8(15)5-6-13-11(16)9-7-10(17-14-9)12(2,3)4/h7-8,15H,5-6H2,1-4H3,(H,13,16). The number of hydrogen-bond acceptors (Lipinski definition) is 4. The minimum absolute atomic E-state index is 0.162. The van der Waals surface area contributed by atoms with E-state index >= 15 is 0 Å². The molecule has 0 aliphatic heterocycles. The molecule has 1 atom stereocenters. The van der Waals surface area contributed by atoms with Crippen molar-refractivity contribution in [3.8, 4) is 0 Å². The van der Waals surface area contributed by atoms with Crippen LogP contribution in [0, 0.1) is 0 Å². The molecule has 2 N–H and O–H groups in total. The Hall–Kier alpha value is -1.36. The lowest BCUT2D eigenvalue weighted by atomic mass is 9.93. The molecule has 1 aromatic rings. The highest BCUT2D eigenvalue weighted by molar-refractivity contribution is 5.92. The predicted octanol–water partition coefficient (Wildman–Crippen LogP) is 1.47. The van der Waals surface area contributed by atoms with E-state index in [-0.39, 0.29) is 17.0 Å². The lowest BCUT2D eigenvalue weighted by Gasteiger charge is -2.12. The minimum Gasteiger partial charge on any atom is -0.393 e. The van der Waals surface area contributed by atoms with Crippen LogP contribution in [-0.2, 0) is 5.41 Å². The number of aliphatic hydroxyl groups excluding tert-OH is 1. The molecule has 0 aromatic carbocycles. The summed E-state index contributed by atoms with van der Waals surface area (Å²) in [5.74, 6) is 0.406. The molecule has 0 aliphatic rings. The Kier molecular flexibility index (Phi) is 4.28. The molecule has 1 aromatic heterocycles. The zero-order valence-electron chi connectivity index (χ0n) is 10.8. The van der Waals surface area contributed by atoms with Crippen molar-refractivity contribution in [3.05, 3.63) is 17.5 Å². The van der Waals surface area contributed by atoms with Gasteiger partial charge in [0.2, 0.25) is 0 Å². The van der Waals surface area contributed by atoms with Crippen molar-refractivity contribution in [2.75, 3.05) is 6.54 Å². The van der Waals surface area contributed by atoms with E-state index < -0.39 is 6.10 Å². The maximum absolute atomic E-state index is 11.7. The highest BCUT2D eigenvalue weighted by atomic mass is 16.5. The molecule has 17 heavy (non-hydrogen) atoms. The van der Waals surface area contributed by atoms with Crippen molar-refractivity contribution in [1.29, 1.82) is 0 Å². The average molecular weight is 240 g/mol. The fourth-order valence-corrected chi connectivity index (χ4v) is 1.22. The largest absolute Gasteiger partial charge is 0.393 e. The Morgan fingerprint density at radius 1 is 1.59 bits per heavy atom. The van der Waals surface area contributed by atoms with E-state index in [1.165, 1.54) is 0 Å². The van der Waals surface area contributed by atoms with Gasteiger partial charge >= 0.3 is 0 Å². The second kappa shape index (κ2) is 5.31. The number of rotatable bonds is 4.